The minimum absolute atomic E-state index is 0.161. The second-order valence-electron chi connectivity index (χ2n) is 7.09. The van der Waals surface area contributed by atoms with Gasteiger partial charge in [0.15, 0.2) is 11.6 Å². The first-order valence-corrected chi connectivity index (χ1v) is 11.2. The van der Waals surface area contributed by atoms with Crippen LogP contribution in [0.5, 0.6) is 5.75 Å². The number of rotatable bonds is 6. The first-order chi connectivity index (χ1) is 16.8. The summed E-state index contributed by atoms with van der Waals surface area (Å²) in [4.78, 5) is 40.5. The third-order valence-electron chi connectivity index (χ3n) is 4.65. The number of esters is 1. The van der Waals surface area contributed by atoms with E-state index in [0.717, 1.165) is 16.8 Å². The van der Waals surface area contributed by atoms with Gasteiger partial charge in [-0.3, -0.25) is 14.9 Å². The number of carbonyl (C=O) groups excluding carboxylic acids is 3. The maximum atomic E-state index is 14.9. The van der Waals surface area contributed by atoms with Crippen LogP contribution < -0.4 is 10.1 Å². The van der Waals surface area contributed by atoms with Gasteiger partial charge in [-0.05, 0) is 35.9 Å². The Morgan fingerprint density at radius 3 is 2.54 bits per heavy atom. The number of fused-ring (bicyclic) bond motifs is 1. The molecule has 1 N–H and O–H groups in total. The van der Waals surface area contributed by atoms with Crippen molar-refractivity contribution in [1.29, 1.82) is 0 Å². The van der Waals surface area contributed by atoms with E-state index in [9.17, 15) is 23.2 Å². The fraction of sp³-hybridized carbons (Fsp3) is 0.0833. The van der Waals surface area contributed by atoms with Gasteiger partial charge in [0, 0.05) is 5.02 Å². The molecule has 0 bridgehead atoms. The minimum atomic E-state index is -1.47. The Morgan fingerprint density at radius 1 is 1.00 bits per heavy atom. The van der Waals surface area contributed by atoms with E-state index in [0.29, 0.717) is 21.1 Å². The topological polar surface area (TPSA) is 94.6 Å². The van der Waals surface area contributed by atoms with Crippen molar-refractivity contribution in [2.75, 3.05) is 0 Å². The molecule has 0 radical (unpaired) electrons. The molecule has 1 heterocycles. The highest BCUT2D eigenvalue weighted by atomic mass is 35.5. The zero-order chi connectivity index (χ0) is 24.9. The number of nitrogens with zero attached hydrogens (tertiary/aromatic N) is 1. The van der Waals surface area contributed by atoms with E-state index in [1.54, 1.807) is 53.8 Å². The lowest BCUT2D eigenvalue weighted by atomic mass is 10.1. The number of ether oxygens (including phenoxy) is 2. The van der Waals surface area contributed by atoms with Crippen LogP contribution in [0.25, 0.3) is 10.2 Å². The van der Waals surface area contributed by atoms with Crippen molar-refractivity contribution in [3.05, 3.63) is 93.5 Å². The number of nitrogens with one attached hydrogen (secondary N) is 1. The second kappa shape index (κ2) is 10.6. The van der Waals surface area contributed by atoms with Gasteiger partial charge in [0.25, 0.3) is 5.91 Å². The predicted octanol–water partition coefficient (Wildman–Crippen LogP) is 4.81. The maximum absolute atomic E-state index is 14.9. The Bertz CT molecular complexity index is 1430. The molecule has 0 saturated heterocycles. The van der Waals surface area contributed by atoms with Gasteiger partial charge in [0.2, 0.25) is 0 Å². The van der Waals surface area contributed by atoms with Crippen LogP contribution in [0.2, 0.25) is 5.02 Å². The third kappa shape index (κ3) is 5.79. The number of hydrogen-bond acceptors (Lipinski definition) is 7. The summed E-state index contributed by atoms with van der Waals surface area (Å²) in [7, 11) is 0. The Morgan fingerprint density at radius 2 is 1.77 bits per heavy atom. The Hall–Kier alpha value is -3.89. The van der Waals surface area contributed by atoms with Gasteiger partial charge >= 0.3 is 11.9 Å². The SMILES string of the molecule is O=C(NC(=O)c1c(F)ccc(OCc2nc3cc(Cl)ccc3s2)c1F)C(=O)OCc1ccccc1. The molecule has 0 saturated carbocycles. The fourth-order valence-electron chi connectivity index (χ4n) is 3.01. The quantitative estimate of drug-likeness (QED) is 0.292. The molecule has 4 aromatic rings. The summed E-state index contributed by atoms with van der Waals surface area (Å²) in [5.41, 5.74) is 0.166. The molecule has 0 aliphatic carbocycles. The molecule has 0 spiro atoms. The van der Waals surface area contributed by atoms with Crippen LogP contribution in [0.4, 0.5) is 8.78 Å². The van der Waals surface area contributed by atoms with Crippen LogP contribution >= 0.6 is 22.9 Å². The molecule has 0 atom stereocenters. The van der Waals surface area contributed by atoms with E-state index in [4.69, 9.17) is 21.1 Å². The molecule has 0 aliphatic heterocycles. The smallest absolute Gasteiger partial charge is 0.397 e. The largest absolute Gasteiger partial charge is 0.483 e. The van der Waals surface area contributed by atoms with Crippen LogP contribution in [-0.4, -0.2) is 22.8 Å². The summed E-state index contributed by atoms with van der Waals surface area (Å²) >= 11 is 7.23. The molecule has 0 fully saturated rings. The van der Waals surface area contributed by atoms with Crippen molar-refractivity contribution < 1.29 is 32.6 Å². The van der Waals surface area contributed by atoms with E-state index in [-0.39, 0.29) is 13.2 Å². The number of amides is 2. The number of hydrogen-bond donors (Lipinski definition) is 1. The number of imide groups is 1. The Balaban J connectivity index is 1.41. The van der Waals surface area contributed by atoms with Crippen molar-refractivity contribution >= 4 is 50.9 Å². The number of carbonyl (C=O) groups is 3. The summed E-state index contributed by atoms with van der Waals surface area (Å²) < 4.78 is 40.1. The lowest BCUT2D eigenvalue weighted by Gasteiger charge is -2.10. The molecule has 35 heavy (non-hydrogen) atoms. The molecule has 7 nitrogen and oxygen atoms in total. The second-order valence-corrected chi connectivity index (χ2v) is 8.64. The van der Waals surface area contributed by atoms with Gasteiger partial charge in [-0.2, -0.15) is 0 Å². The van der Waals surface area contributed by atoms with Gasteiger partial charge in [0.05, 0.1) is 10.2 Å². The summed E-state index contributed by atoms with van der Waals surface area (Å²) in [5, 5.41) is 2.63. The van der Waals surface area contributed by atoms with Crippen molar-refractivity contribution in [1.82, 2.24) is 10.3 Å². The van der Waals surface area contributed by atoms with E-state index >= 15 is 0 Å². The zero-order valence-corrected chi connectivity index (χ0v) is 19.3. The van der Waals surface area contributed by atoms with Crippen LogP contribution in [0.3, 0.4) is 0 Å². The molecule has 178 valence electrons. The summed E-state index contributed by atoms with van der Waals surface area (Å²) in [5.74, 6) is -7.32. The standard InChI is InChI=1S/C24H15ClF2N2O5S/c25-14-6-9-18-16(10-14)28-19(35-18)12-33-17-8-7-15(26)20(21(17)27)22(30)29-23(31)24(32)34-11-13-4-2-1-3-5-13/h1-10H,11-12H2,(H,29,30,31). The van der Waals surface area contributed by atoms with E-state index in [1.165, 1.54) is 11.3 Å². The van der Waals surface area contributed by atoms with Crippen LogP contribution in [0.1, 0.15) is 20.9 Å². The lowest BCUT2D eigenvalue weighted by molar-refractivity contribution is -0.155. The van der Waals surface area contributed by atoms with Crippen LogP contribution in [-0.2, 0) is 27.5 Å². The number of aromatic nitrogens is 1. The first kappa shape index (κ1) is 24.2. The number of benzene rings is 3. The van der Waals surface area contributed by atoms with Gasteiger partial charge in [0.1, 0.15) is 29.6 Å². The Kier molecular flexibility index (Phi) is 7.33. The number of thiazole rings is 1. The first-order valence-electron chi connectivity index (χ1n) is 10.0. The molecule has 4 rings (SSSR count). The summed E-state index contributed by atoms with van der Waals surface area (Å²) in [6.07, 6.45) is 0. The molecule has 3 aromatic carbocycles. The highest BCUT2D eigenvalue weighted by Crippen LogP contribution is 2.28. The average Bonchev–Trinajstić information content (AvgIpc) is 3.24. The van der Waals surface area contributed by atoms with Crippen molar-refractivity contribution in [2.45, 2.75) is 13.2 Å². The van der Waals surface area contributed by atoms with Crippen molar-refractivity contribution in [3.8, 4) is 5.75 Å². The molecule has 2 amide bonds. The van der Waals surface area contributed by atoms with E-state index < -0.39 is 40.7 Å². The molecule has 1 aromatic heterocycles. The normalized spacial score (nSPS) is 10.7. The molecular formula is C24H15ClF2N2O5S. The van der Waals surface area contributed by atoms with Crippen LogP contribution in [0, 0.1) is 11.6 Å². The molecular weight excluding hydrogens is 502 g/mol. The van der Waals surface area contributed by atoms with Gasteiger partial charge in [-0.1, -0.05) is 41.9 Å². The fourth-order valence-corrected chi connectivity index (χ4v) is 4.04. The summed E-state index contributed by atoms with van der Waals surface area (Å²) in [6, 6.07) is 15.5. The van der Waals surface area contributed by atoms with Gasteiger partial charge < -0.3 is 9.47 Å². The Labute approximate surface area is 206 Å². The minimum Gasteiger partial charge on any atom is -0.483 e. The zero-order valence-electron chi connectivity index (χ0n) is 17.7. The van der Waals surface area contributed by atoms with Crippen molar-refractivity contribution in [3.63, 3.8) is 0 Å². The maximum Gasteiger partial charge on any atom is 0.397 e. The lowest BCUT2D eigenvalue weighted by Crippen LogP contribution is -2.38. The number of halogens is 3. The van der Waals surface area contributed by atoms with Crippen LogP contribution in [0.15, 0.2) is 60.7 Å². The monoisotopic (exact) mass is 516 g/mol. The molecule has 11 heteroatoms. The average molecular weight is 517 g/mol. The molecule has 0 aliphatic rings. The van der Waals surface area contributed by atoms with E-state index in [2.05, 4.69) is 4.98 Å². The highest BCUT2D eigenvalue weighted by Gasteiger charge is 2.26. The molecule has 0 unspecified atom stereocenters. The van der Waals surface area contributed by atoms with Gasteiger partial charge in [-0.25, -0.2) is 18.6 Å². The third-order valence-corrected chi connectivity index (χ3v) is 5.90. The summed E-state index contributed by atoms with van der Waals surface area (Å²) in [6.45, 7) is -0.378. The highest BCUT2D eigenvalue weighted by molar-refractivity contribution is 7.18. The van der Waals surface area contributed by atoms with Crippen molar-refractivity contribution in [2.24, 2.45) is 0 Å². The van der Waals surface area contributed by atoms with E-state index in [1.807, 2.05) is 0 Å². The van der Waals surface area contributed by atoms with Gasteiger partial charge in [-0.15, -0.1) is 11.3 Å². The predicted molar refractivity (Wildman–Crippen MR) is 124 cm³/mol.